The lowest BCUT2D eigenvalue weighted by molar-refractivity contribution is -0.363. The smallest absolute Gasteiger partial charge is 0.314 e. The summed E-state index contributed by atoms with van der Waals surface area (Å²) in [5.41, 5.74) is -1.68. The summed E-state index contributed by atoms with van der Waals surface area (Å²) in [4.78, 5) is 14.6. The summed E-state index contributed by atoms with van der Waals surface area (Å²) in [7, 11) is 0. The van der Waals surface area contributed by atoms with E-state index in [0.29, 0.717) is 44.9 Å². The van der Waals surface area contributed by atoms with Crippen LogP contribution in [0.1, 0.15) is 71.6 Å². The Morgan fingerprint density at radius 2 is 1.21 bits per heavy atom. The maximum absolute atomic E-state index is 14.6. The van der Waals surface area contributed by atoms with Crippen LogP contribution in [0.25, 0.3) is 0 Å². The maximum atomic E-state index is 14.6. The predicted octanol–water partition coefficient (Wildman–Crippen LogP) is -2.94. The van der Waals surface area contributed by atoms with Gasteiger partial charge in [-0.1, -0.05) is 19.9 Å². The van der Waals surface area contributed by atoms with Crippen LogP contribution >= 0.6 is 0 Å². The molecule has 0 amide bonds. The molecule has 2 bridgehead atoms. The lowest BCUT2D eigenvalue weighted by atomic mass is 9.41. The maximum Gasteiger partial charge on any atom is 0.314 e. The first-order chi connectivity index (χ1) is 26.4. The van der Waals surface area contributed by atoms with Gasteiger partial charge in [0, 0.05) is 0 Å². The summed E-state index contributed by atoms with van der Waals surface area (Å²) >= 11 is 0. The van der Waals surface area contributed by atoms with Crippen molar-refractivity contribution >= 4 is 5.97 Å². The van der Waals surface area contributed by atoms with Crippen LogP contribution in [-0.4, -0.2) is 180 Å². The third kappa shape index (κ3) is 6.69. The molecule has 320 valence electrons. The van der Waals surface area contributed by atoms with Crippen LogP contribution in [-0.2, 0) is 33.2 Å². The van der Waals surface area contributed by atoms with Gasteiger partial charge in [-0.05, 0) is 86.5 Å². The molecule has 0 aromatic rings. The summed E-state index contributed by atoms with van der Waals surface area (Å²) < 4.78 is 35.4. The van der Waals surface area contributed by atoms with Crippen LogP contribution in [0.15, 0.2) is 12.2 Å². The fraction of sp³-hybridized carbons (Fsp3) is 0.921. The lowest BCUT2D eigenvalue weighted by Crippen LogP contribution is -2.65. The van der Waals surface area contributed by atoms with Crippen molar-refractivity contribution in [2.75, 3.05) is 19.8 Å². The van der Waals surface area contributed by atoms with Crippen molar-refractivity contribution in [3.63, 3.8) is 0 Å². The Labute approximate surface area is 324 Å². The van der Waals surface area contributed by atoms with Crippen molar-refractivity contribution < 1.29 is 89.4 Å². The molecule has 21 atom stereocenters. The van der Waals surface area contributed by atoms with Crippen molar-refractivity contribution in [1.29, 1.82) is 0 Å². The van der Waals surface area contributed by atoms with Gasteiger partial charge >= 0.3 is 5.97 Å². The highest BCUT2D eigenvalue weighted by molar-refractivity contribution is 5.77. The summed E-state index contributed by atoms with van der Waals surface area (Å²) in [6, 6.07) is 0. The number of esters is 1. The van der Waals surface area contributed by atoms with Gasteiger partial charge in [0.25, 0.3) is 0 Å². The third-order valence-electron chi connectivity index (χ3n) is 15.0. The molecule has 3 saturated heterocycles. The molecular weight excluding hydrogens is 744 g/mol. The highest BCUT2D eigenvalue weighted by Crippen LogP contribution is 2.73. The van der Waals surface area contributed by atoms with Crippen molar-refractivity contribution in [2.45, 2.75) is 169 Å². The average Bonchev–Trinajstić information content (AvgIpc) is 3.37. The molecule has 4 aliphatic carbocycles. The molecule has 18 heteroatoms. The molecule has 11 N–H and O–H groups in total. The molecule has 0 aromatic heterocycles. The quantitative estimate of drug-likeness (QED) is 0.0631. The Morgan fingerprint density at radius 3 is 1.82 bits per heavy atom. The van der Waals surface area contributed by atoms with E-state index in [1.807, 2.05) is 6.92 Å². The van der Waals surface area contributed by atoms with Crippen LogP contribution < -0.4 is 0 Å². The minimum Gasteiger partial charge on any atom is -0.432 e. The molecule has 7 fully saturated rings. The number of hydrogen-bond donors (Lipinski definition) is 11. The Kier molecular flexibility index (Phi) is 11.9. The lowest BCUT2D eigenvalue weighted by Gasteiger charge is -2.64. The molecule has 3 heterocycles. The Balaban J connectivity index is 1.10. The van der Waals surface area contributed by atoms with Crippen molar-refractivity contribution in [3.05, 3.63) is 12.2 Å². The zero-order chi connectivity index (χ0) is 40.7. The summed E-state index contributed by atoms with van der Waals surface area (Å²) in [5.74, 6) is -0.683. The number of carbonyl (C=O) groups excluding carboxylic acids is 1. The second-order valence-corrected chi connectivity index (χ2v) is 18.0. The van der Waals surface area contributed by atoms with Crippen molar-refractivity contribution in [3.8, 4) is 0 Å². The number of rotatable bonds is 9. The van der Waals surface area contributed by atoms with Gasteiger partial charge in [-0.3, -0.25) is 4.79 Å². The van der Waals surface area contributed by atoms with Crippen LogP contribution in [0.4, 0.5) is 0 Å². The normalized spacial score (nSPS) is 54.6. The van der Waals surface area contributed by atoms with Gasteiger partial charge in [0.2, 0.25) is 6.29 Å². The zero-order valence-corrected chi connectivity index (χ0v) is 31.8. The van der Waals surface area contributed by atoms with E-state index in [2.05, 4.69) is 13.5 Å². The molecule has 56 heavy (non-hydrogen) atoms. The molecule has 0 radical (unpaired) electrons. The molecular formula is C38H60O18. The van der Waals surface area contributed by atoms with E-state index >= 15 is 0 Å². The van der Waals surface area contributed by atoms with Crippen LogP contribution in [0.5, 0.6) is 0 Å². The number of fused-ring (bicyclic) bond motifs is 3. The zero-order valence-electron chi connectivity index (χ0n) is 31.8. The monoisotopic (exact) mass is 804 g/mol. The Hall–Kier alpha value is -1.43. The molecule has 7 aliphatic rings. The standard InChI is InChI=1S/C38H60O18/c1-16-11-37-9-5-20-35(2,21(37)6-10-38(16,15-37)56-32-29(49)26(46)23(43)18(13-40)52-32)7-4-8-36(20,3)34(50)55-33-30(27(47)24(44)19(14-41)53-33)54-31-28(48)25(45)22(42)17(12-39)51-31/h17-33,39-49H,1,4-15H2,2-3H3/t17-,18-,19-,20-,21-,22-,23-,24-,25+,26+,27+,28-,29-,30-,31+,32+,33+,35+,36-,37+,38-/m1/s1. The Bertz CT molecular complexity index is 1450. The summed E-state index contributed by atoms with van der Waals surface area (Å²) in [5, 5.41) is 114. The number of aliphatic hydroxyl groups excluding tert-OH is 11. The van der Waals surface area contributed by atoms with E-state index in [0.717, 1.165) is 18.4 Å². The first-order valence-corrected chi connectivity index (χ1v) is 19.9. The van der Waals surface area contributed by atoms with Crippen LogP contribution in [0, 0.1) is 28.1 Å². The fourth-order valence-electron chi connectivity index (χ4n) is 12.0. The molecule has 0 aromatic carbocycles. The van der Waals surface area contributed by atoms with Gasteiger partial charge in [0.05, 0.1) is 30.8 Å². The van der Waals surface area contributed by atoms with E-state index in [9.17, 15) is 61.0 Å². The number of carbonyl (C=O) groups is 1. The summed E-state index contributed by atoms with van der Waals surface area (Å²) in [6.07, 6.45) is -18.0. The SMILES string of the molecule is C=C1C[C@]23CC[C@@H]4[C@](C)(CCC[C@@]4(C)C(=O)O[C@@H]4O[C@H](CO)[C@@H](O)[C@H](O)[C@H]4O[C@@H]4O[C@H](CO)[C@@H](O)[C@H](O)[C@H]4O)[C@H]2CC[C@@]1(O[C@@H]1O[C@H](CO)[C@@H](O)[C@H](O)[C@H]1O)C3. The first kappa shape index (κ1) is 42.7. The third-order valence-corrected chi connectivity index (χ3v) is 15.0. The van der Waals surface area contributed by atoms with Gasteiger partial charge in [0.1, 0.15) is 67.1 Å². The molecule has 18 nitrogen and oxygen atoms in total. The van der Waals surface area contributed by atoms with Gasteiger partial charge in [-0.15, -0.1) is 0 Å². The topological polar surface area (TPSA) is 295 Å². The number of ether oxygens (including phenoxy) is 6. The molecule has 4 saturated carbocycles. The van der Waals surface area contributed by atoms with Gasteiger partial charge in [-0.2, -0.15) is 0 Å². The highest BCUT2D eigenvalue weighted by atomic mass is 16.8. The molecule has 1 spiro atoms. The predicted molar refractivity (Wildman–Crippen MR) is 186 cm³/mol. The average molecular weight is 805 g/mol. The van der Waals surface area contributed by atoms with E-state index in [1.165, 1.54) is 0 Å². The molecule has 0 unspecified atom stereocenters. The molecule has 3 aliphatic heterocycles. The van der Waals surface area contributed by atoms with E-state index < -0.39 is 129 Å². The summed E-state index contributed by atoms with van der Waals surface area (Å²) in [6.45, 7) is 6.42. The van der Waals surface area contributed by atoms with Crippen molar-refractivity contribution in [1.82, 2.24) is 0 Å². The van der Waals surface area contributed by atoms with Crippen molar-refractivity contribution in [2.24, 2.45) is 28.1 Å². The first-order valence-electron chi connectivity index (χ1n) is 19.9. The number of hydrogen-bond acceptors (Lipinski definition) is 18. The second kappa shape index (κ2) is 15.6. The highest BCUT2D eigenvalue weighted by Gasteiger charge is 2.69. The van der Waals surface area contributed by atoms with Crippen LogP contribution in [0.2, 0.25) is 0 Å². The van der Waals surface area contributed by atoms with E-state index in [1.54, 1.807) is 0 Å². The molecule has 7 rings (SSSR count). The van der Waals surface area contributed by atoms with E-state index in [-0.39, 0.29) is 22.7 Å². The Morgan fingerprint density at radius 1 is 0.679 bits per heavy atom. The minimum absolute atomic E-state index is 0.135. The fourth-order valence-corrected chi connectivity index (χ4v) is 12.0. The van der Waals surface area contributed by atoms with Gasteiger partial charge < -0.3 is 84.6 Å². The van der Waals surface area contributed by atoms with Crippen LogP contribution in [0.3, 0.4) is 0 Å². The second-order valence-electron chi connectivity index (χ2n) is 18.0. The van der Waals surface area contributed by atoms with Gasteiger partial charge in [0.15, 0.2) is 18.7 Å². The van der Waals surface area contributed by atoms with Gasteiger partial charge in [-0.25, -0.2) is 0 Å². The number of aliphatic hydroxyl groups is 11. The largest absolute Gasteiger partial charge is 0.432 e. The van der Waals surface area contributed by atoms with E-state index in [4.69, 9.17) is 28.4 Å². The minimum atomic E-state index is -1.86.